The van der Waals surface area contributed by atoms with Gasteiger partial charge in [-0.25, -0.2) is 0 Å². The normalized spacial score (nSPS) is 12.3. The molecule has 1 aliphatic rings. The Morgan fingerprint density at radius 2 is 1.31 bits per heavy atom. The van der Waals surface area contributed by atoms with Crippen molar-refractivity contribution in [2.75, 3.05) is 16.4 Å². The number of rotatable bonds is 13. The Morgan fingerprint density at radius 1 is 0.722 bits per heavy atom. The Bertz CT molecular complexity index is 1120. The number of benzene rings is 3. The minimum absolute atomic E-state index is 0.302. The summed E-state index contributed by atoms with van der Waals surface area (Å²) in [5, 5.41) is 0. The molecule has 2 nitrogen and oxygen atoms in total. The summed E-state index contributed by atoms with van der Waals surface area (Å²) in [7, 11) is 0. The number of hydrogen-bond donors (Lipinski definition) is 0. The first-order chi connectivity index (χ1) is 17.7. The molecule has 3 aromatic carbocycles. The monoisotopic (exact) mass is 515 g/mol. The first-order valence-corrected chi connectivity index (χ1v) is 15.2. The van der Waals surface area contributed by atoms with E-state index in [1.807, 2.05) is 23.5 Å². The molecule has 1 aliphatic heterocycles. The van der Waals surface area contributed by atoms with Crippen LogP contribution in [0.25, 0.3) is 5.57 Å². The van der Waals surface area contributed by atoms with E-state index >= 15 is 0 Å². The van der Waals surface area contributed by atoms with E-state index in [2.05, 4.69) is 90.7 Å². The van der Waals surface area contributed by atoms with Crippen molar-refractivity contribution in [1.29, 1.82) is 0 Å². The van der Waals surface area contributed by atoms with E-state index in [4.69, 9.17) is 0 Å². The third kappa shape index (κ3) is 6.86. The predicted molar refractivity (Wildman–Crippen MR) is 160 cm³/mol. The maximum atomic E-state index is 11.3. The quantitative estimate of drug-likeness (QED) is 0.211. The predicted octanol–water partition coefficient (Wildman–Crippen LogP) is 9.47. The zero-order valence-corrected chi connectivity index (χ0v) is 23.2. The van der Waals surface area contributed by atoms with Crippen LogP contribution in [-0.4, -0.2) is 17.3 Å². The summed E-state index contributed by atoms with van der Waals surface area (Å²) in [6.45, 7) is 4.81. The van der Waals surface area contributed by atoms with Crippen molar-refractivity contribution in [3.63, 3.8) is 0 Å². The lowest BCUT2D eigenvalue weighted by atomic mass is 9.91. The highest BCUT2D eigenvalue weighted by molar-refractivity contribution is 8.22. The van der Waals surface area contributed by atoms with Gasteiger partial charge in [-0.2, -0.15) is 0 Å². The van der Waals surface area contributed by atoms with Gasteiger partial charge < -0.3 is 9.69 Å². The minimum atomic E-state index is 0.302. The second-order valence-electron chi connectivity index (χ2n) is 9.33. The van der Waals surface area contributed by atoms with E-state index in [1.165, 1.54) is 50.7 Å². The molecule has 188 valence electrons. The van der Waals surface area contributed by atoms with Crippen LogP contribution < -0.4 is 4.90 Å². The molecule has 0 spiro atoms. The molecule has 4 rings (SSSR count). The van der Waals surface area contributed by atoms with Crippen LogP contribution in [0.3, 0.4) is 0 Å². The van der Waals surface area contributed by atoms with Crippen molar-refractivity contribution in [2.24, 2.45) is 0 Å². The molecule has 0 unspecified atom stereocenters. The van der Waals surface area contributed by atoms with E-state index in [1.54, 1.807) is 6.92 Å². The summed E-state index contributed by atoms with van der Waals surface area (Å²) in [5.74, 6) is 2.54. The number of para-hydroxylation sites is 2. The molecule has 3 aromatic rings. The summed E-state index contributed by atoms with van der Waals surface area (Å²) >= 11 is 4.03. The second-order valence-corrected chi connectivity index (χ2v) is 11.8. The topological polar surface area (TPSA) is 20.3 Å². The molecule has 0 fully saturated rings. The summed E-state index contributed by atoms with van der Waals surface area (Å²) in [4.78, 5) is 13.8. The van der Waals surface area contributed by atoms with Crippen LogP contribution in [-0.2, 0) is 11.3 Å². The molecular weight excluding hydrogens is 478 g/mol. The maximum absolute atomic E-state index is 11.3. The van der Waals surface area contributed by atoms with Gasteiger partial charge >= 0.3 is 0 Å². The number of unbranched alkanes of at least 4 members (excludes halogenated alkanes) is 3. The van der Waals surface area contributed by atoms with Gasteiger partial charge in [0.25, 0.3) is 0 Å². The zero-order valence-electron chi connectivity index (χ0n) is 21.5. The van der Waals surface area contributed by atoms with Crippen LogP contribution in [0.4, 0.5) is 11.4 Å². The molecule has 0 aliphatic carbocycles. The molecule has 0 bridgehead atoms. The fraction of sp³-hybridized carbons (Fsp3) is 0.344. The fourth-order valence-electron chi connectivity index (χ4n) is 4.58. The van der Waals surface area contributed by atoms with Gasteiger partial charge in [-0.05, 0) is 55.4 Å². The van der Waals surface area contributed by atoms with Crippen LogP contribution in [0.15, 0.2) is 83.1 Å². The van der Waals surface area contributed by atoms with Gasteiger partial charge in [0, 0.05) is 45.3 Å². The van der Waals surface area contributed by atoms with Crippen molar-refractivity contribution in [3.8, 4) is 0 Å². The van der Waals surface area contributed by atoms with Gasteiger partial charge in [0.15, 0.2) is 0 Å². The van der Waals surface area contributed by atoms with Crippen LogP contribution in [0.1, 0.15) is 69.1 Å². The highest BCUT2D eigenvalue weighted by atomic mass is 32.2. The average Bonchev–Trinajstić information content (AvgIpc) is 2.90. The van der Waals surface area contributed by atoms with Gasteiger partial charge in [0.2, 0.25) is 0 Å². The fourth-order valence-corrected chi connectivity index (χ4v) is 7.30. The lowest BCUT2D eigenvalue weighted by Crippen LogP contribution is -2.22. The van der Waals surface area contributed by atoms with Crippen LogP contribution in [0, 0.1) is 0 Å². The van der Waals surface area contributed by atoms with E-state index in [-0.39, 0.29) is 0 Å². The van der Waals surface area contributed by atoms with Crippen LogP contribution >= 0.6 is 23.5 Å². The molecule has 0 aromatic heterocycles. The largest absolute Gasteiger partial charge is 0.336 e. The van der Waals surface area contributed by atoms with Crippen molar-refractivity contribution in [1.82, 2.24) is 0 Å². The number of ketones is 1. The summed E-state index contributed by atoms with van der Waals surface area (Å²) < 4.78 is 1.44. The molecule has 36 heavy (non-hydrogen) atoms. The SMILES string of the molecule is CCCCSC(SCCCCCC(C)=O)=C1c2ccccc2N(Cc2ccccc2)c2ccccc21. The number of hydrogen-bond acceptors (Lipinski definition) is 4. The molecule has 0 N–H and O–H groups in total. The summed E-state index contributed by atoms with van der Waals surface area (Å²) in [6.07, 6.45) is 6.42. The zero-order chi connectivity index (χ0) is 25.2. The van der Waals surface area contributed by atoms with Crippen LogP contribution in [0.2, 0.25) is 0 Å². The Kier molecular flexibility index (Phi) is 10.2. The van der Waals surface area contributed by atoms with Gasteiger partial charge in [-0.15, -0.1) is 23.5 Å². The first-order valence-electron chi connectivity index (χ1n) is 13.2. The molecule has 0 atom stereocenters. The number of thioether (sulfide) groups is 2. The number of fused-ring (bicyclic) bond motifs is 2. The van der Waals surface area contributed by atoms with Crippen molar-refractivity contribution in [3.05, 3.63) is 99.8 Å². The van der Waals surface area contributed by atoms with E-state index in [0.717, 1.165) is 37.3 Å². The van der Waals surface area contributed by atoms with E-state index in [9.17, 15) is 4.79 Å². The Morgan fingerprint density at radius 3 is 1.92 bits per heavy atom. The second kappa shape index (κ2) is 13.8. The highest BCUT2D eigenvalue weighted by Crippen LogP contribution is 2.50. The molecule has 0 amide bonds. The number of carbonyl (C=O) groups excluding carboxylic acids is 1. The Balaban J connectivity index is 1.69. The summed E-state index contributed by atoms with van der Waals surface area (Å²) in [6, 6.07) is 28.6. The number of carbonyl (C=O) groups is 1. The molecule has 0 saturated carbocycles. The summed E-state index contributed by atoms with van der Waals surface area (Å²) in [5.41, 5.74) is 7.93. The Hall–Kier alpha value is -2.43. The lowest BCUT2D eigenvalue weighted by molar-refractivity contribution is -0.117. The van der Waals surface area contributed by atoms with E-state index in [0.29, 0.717) is 12.2 Å². The van der Waals surface area contributed by atoms with Gasteiger partial charge in [0.05, 0.1) is 0 Å². The third-order valence-electron chi connectivity index (χ3n) is 6.45. The number of anilines is 2. The Labute approximate surface area is 225 Å². The first kappa shape index (κ1) is 26.6. The van der Waals surface area contributed by atoms with E-state index < -0.39 is 0 Å². The molecule has 0 radical (unpaired) electrons. The molecule has 4 heteroatoms. The molecule has 1 heterocycles. The van der Waals surface area contributed by atoms with Crippen molar-refractivity contribution in [2.45, 2.75) is 58.9 Å². The van der Waals surface area contributed by atoms with Crippen LogP contribution in [0.5, 0.6) is 0 Å². The maximum Gasteiger partial charge on any atom is 0.129 e. The minimum Gasteiger partial charge on any atom is -0.336 e. The third-order valence-corrected chi connectivity index (χ3v) is 9.08. The lowest BCUT2D eigenvalue weighted by Gasteiger charge is -2.35. The van der Waals surface area contributed by atoms with Gasteiger partial charge in [-0.3, -0.25) is 0 Å². The molecular formula is C32H37NOS2. The highest BCUT2D eigenvalue weighted by Gasteiger charge is 2.28. The van der Waals surface area contributed by atoms with Gasteiger partial charge in [0.1, 0.15) is 5.78 Å². The average molecular weight is 516 g/mol. The van der Waals surface area contributed by atoms with Gasteiger partial charge in [-0.1, -0.05) is 86.5 Å². The smallest absolute Gasteiger partial charge is 0.129 e. The number of Topliss-reactive ketones (excluding diaryl/α,β-unsaturated/α-hetero) is 1. The van der Waals surface area contributed by atoms with Crippen molar-refractivity contribution < 1.29 is 4.79 Å². The van der Waals surface area contributed by atoms with Crippen molar-refractivity contribution >= 4 is 46.3 Å². The number of nitrogens with zero attached hydrogens (tertiary/aromatic N) is 1. The standard InChI is InChI=1S/C32H37NOS2/c1-3-4-22-35-32(36-23-14-6-7-15-25(2)34)31-27-18-10-12-20-29(27)33(24-26-16-8-5-9-17-26)30-21-13-11-19-28(30)31/h5,8-13,16-21H,3-4,6-7,14-15,22-24H2,1-2H3. The molecule has 0 saturated heterocycles.